The van der Waals surface area contributed by atoms with E-state index < -0.39 is 17.9 Å². The highest BCUT2D eigenvalue weighted by Crippen LogP contribution is 2.13. The SMILES string of the molecule is NC1C(=O)CC=CC1C(=O)O. The molecule has 2 atom stereocenters. The molecule has 0 fully saturated rings. The van der Waals surface area contributed by atoms with Crippen molar-refractivity contribution in [3.63, 3.8) is 0 Å². The summed E-state index contributed by atoms with van der Waals surface area (Å²) in [7, 11) is 0. The quantitative estimate of drug-likeness (QED) is 0.502. The average Bonchev–Trinajstić information content (AvgIpc) is 1.94. The third-order valence-corrected chi connectivity index (χ3v) is 1.71. The molecule has 0 aromatic heterocycles. The Bertz CT molecular complexity index is 222. The highest BCUT2D eigenvalue weighted by molar-refractivity contribution is 5.92. The van der Waals surface area contributed by atoms with Gasteiger partial charge in [-0.25, -0.2) is 0 Å². The highest BCUT2D eigenvalue weighted by Gasteiger charge is 2.30. The van der Waals surface area contributed by atoms with Crippen molar-refractivity contribution in [3.05, 3.63) is 12.2 Å². The minimum Gasteiger partial charge on any atom is -0.481 e. The van der Waals surface area contributed by atoms with E-state index in [1.807, 2.05) is 0 Å². The number of Topliss-reactive ketones (excluding diaryl/α,β-unsaturated/α-hetero) is 1. The highest BCUT2D eigenvalue weighted by atomic mass is 16.4. The molecule has 0 aromatic rings. The summed E-state index contributed by atoms with van der Waals surface area (Å²) in [5.41, 5.74) is 5.34. The van der Waals surface area contributed by atoms with E-state index in [1.54, 1.807) is 6.08 Å². The van der Waals surface area contributed by atoms with Crippen molar-refractivity contribution >= 4 is 11.8 Å². The second kappa shape index (κ2) is 2.84. The lowest BCUT2D eigenvalue weighted by Gasteiger charge is -2.18. The molecule has 0 aromatic carbocycles. The number of carboxylic acid groups (broad SMARTS) is 1. The summed E-state index contributed by atoms with van der Waals surface area (Å²) in [5, 5.41) is 8.54. The van der Waals surface area contributed by atoms with Crippen LogP contribution in [0.25, 0.3) is 0 Å². The van der Waals surface area contributed by atoms with Crippen molar-refractivity contribution in [2.75, 3.05) is 0 Å². The van der Waals surface area contributed by atoms with Gasteiger partial charge in [0, 0.05) is 6.42 Å². The third-order valence-electron chi connectivity index (χ3n) is 1.71. The van der Waals surface area contributed by atoms with Gasteiger partial charge in [0.05, 0.1) is 12.0 Å². The Balaban J connectivity index is 2.80. The largest absolute Gasteiger partial charge is 0.481 e. The van der Waals surface area contributed by atoms with Gasteiger partial charge in [-0.1, -0.05) is 12.2 Å². The van der Waals surface area contributed by atoms with E-state index >= 15 is 0 Å². The first kappa shape index (κ1) is 7.94. The van der Waals surface area contributed by atoms with Gasteiger partial charge in [-0.2, -0.15) is 0 Å². The number of nitrogens with two attached hydrogens (primary N) is 1. The molecule has 1 aliphatic carbocycles. The number of ketones is 1. The maximum absolute atomic E-state index is 10.9. The van der Waals surface area contributed by atoms with Crippen LogP contribution in [0.3, 0.4) is 0 Å². The van der Waals surface area contributed by atoms with Crippen molar-refractivity contribution in [1.29, 1.82) is 0 Å². The number of aliphatic carboxylic acids is 1. The van der Waals surface area contributed by atoms with Crippen LogP contribution in [-0.4, -0.2) is 22.9 Å². The van der Waals surface area contributed by atoms with Gasteiger partial charge in [0.15, 0.2) is 5.78 Å². The lowest BCUT2D eigenvalue weighted by atomic mass is 9.90. The summed E-state index contributed by atoms with van der Waals surface area (Å²) in [6.07, 6.45) is 3.27. The Kier molecular flexibility index (Phi) is 2.05. The Labute approximate surface area is 63.7 Å². The molecule has 0 amide bonds. The van der Waals surface area contributed by atoms with Gasteiger partial charge >= 0.3 is 5.97 Å². The topological polar surface area (TPSA) is 80.4 Å². The van der Waals surface area contributed by atoms with Crippen LogP contribution in [0.2, 0.25) is 0 Å². The molecule has 0 spiro atoms. The zero-order valence-corrected chi connectivity index (χ0v) is 5.86. The van der Waals surface area contributed by atoms with E-state index in [9.17, 15) is 9.59 Å². The minimum atomic E-state index is -1.04. The summed E-state index contributed by atoms with van der Waals surface area (Å²) in [6.45, 7) is 0. The predicted molar refractivity (Wildman–Crippen MR) is 37.9 cm³/mol. The number of allylic oxidation sites excluding steroid dienone is 1. The van der Waals surface area contributed by atoms with E-state index in [2.05, 4.69) is 0 Å². The number of hydrogen-bond acceptors (Lipinski definition) is 3. The second-order valence-corrected chi connectivity index (χ2v) is 2.49. The summed E-state index contributed by atoms with van der Waals surface area (Å²) >= 11 is 0. The van der Waals surface area contributed by atoms with Gasteiger partial charge in [-0.3, -0.25) is 9.59 Å². The van der Waals surface area contributed by atoms with Crippen LogP contribution in [0.5, 0.6) is 0 Å². The molecular weight excluding hydrogens is 146 g/mol. The van der Waals surface area contributed by atoms with Gasteiger partial charge in [0.2, 0.25) is 0 Å². The molecule has 0 saturated carbocycles. The van der Waals surface area contributed by atoms with Crippen LogP contribution in [0.1, 0.15) is 6.42 Å². The van der Waals surface area contributed by atoms with Gasteiger partial charge in [-0.15, -0.1) is 0 Å². The number of carbonyl (C=O) groups is 2. The van der Waals surface area contributed by atoms with E-state index in [0.717, 1.165) is 0 Å². The number of carboxylic acids is 1. The van der Waals surface area contributed by atoms with Crippen LogP contribution in [0.4, 0.5) is 0 Å². The molecule has 11 heavy (non-hydrogen) atoms. The summed E-state index contributed by atoms with van der Waals surface area (Å²) < 4.78 is 0. The Morgan fingerprint density at radius 2 is 2.36 bits per heavy atom. The normalized spacial score (nSPS) is 30.5. The number of hydrogen-bond donors (Lipinski definition) is 2. The van der Waals surface area contributed by atoms with E-state index in [0.29, 0.717) is 0 Å². The smallest absolute Gasteiger partial charge is 0.312 e. The van der Waals surface area contributed by atoms with Crippen LogP contribution in [-0.2, 0) is 9.59 Å². The van der Waals surface area contributed by atoms with Gasteiger partial charge in [-0.05, 0) is 0 Å². The molecule has 2 unspecified atom stereocenters. The fourth-order valence-corrected chi connectivity index (χ4v) is 1.02. The van der Waals surface area contributed by atoms with E-state index in [-0.39, 0.29) is 12.2 Å². The monoisotopic (exact) mass is 155 g/mol. The van der Waals surface area contributed by atoms with Crippen LogP contribution in [0.15, 0.2) is 12.2 Å². The average molecular weight is 155 g/mol. The fourth-order valence-electron chi connectivity index (χ4n) is 1.02. The molecule has 0 bridgehead atoms. The molecule has 1 aliphatic rings. The standard InChI is InChI=1S/C7H9NO3/c8-6-4(7(10)11)2-1-3-5(6)9/h1-2,4,6H,3,8H2,(H,10,11). The fraction of sp³-hybridized carbons (Fsp3) is 0.429. The van der Waals surface area contributed by atoms with Crippen LogP contribution >= 0.6 is 0 Å². The maximum Gasteiger partial charge on any atom is 0.312 e. The molecule has 0 saturated heterocycles. The Morgan fingerprint density at radius 1 is 1.73 bits per heavy atom. The second-order valence-electron chi connectivity index (χ2n) is 2.49. The lowest BCUT2D eigenvalue weighted by molar-refractivity contribution is -0.142. The van der Waals surface area contributed by atoms with Crippen LogP contribution < -0.4 is 5.73 Å². The summed E-state index contributed by atoms with van der Waals surface area (Å²) in [5.74, 6) is -2.09. The summed E-state index contributed by atoms with van der Waals surface area (Å²) in [4.78, 5) is 21.3. The van der Waals surface area contributed by atoms with Gasteiger partial charge in [0.1, 0.15) is 0 Å². The van der Waals surface area contributed by atoms with E-state index in [4.69, 9.17) is 10.8 Å². The van der Waals surface area contributed by atoms with Gasteiger partial charge in [0.25, 0.3) is 0 Å². The van der Waals surface area contributed by atoms with Gasteiger partial charge < -0.3 is 10.8 Å². The first-order valence-corrected chi connectivity index (χ1v) is 3.30. The predicted octanol–water partition coefficient (Wildman–Crippen LogP) is -0.457. The van der Waals surface area contributed by atoms with Crippen molar-refractivity contribution in [2.24, 2.45) is 11.7 Å². The Hall–Kier alpha value is -1.16. The van der Waals surface area contributed by atoms with Crippen molar-refractivity contribution in [1.82, 2.24) is 0 Å². The third kappa shape index (κ3) is 1.46. The first-order valence-electron chi connectivity index (χ1n) is 3.30. The zero-order chi connectivity index (χ0) is 8.43. The molecular formula is C7H9NO3. The van der Waals surface area contributed by atoms with Crippen LogP contribution in [0, 0.1) is 5.92 Å². The number of carbonyl (C=O) groups excluding carboxylic acids is 1. The van der Waals surface area contributed by atoms with Crippen molar-refractivity contribution in [3.8, 4) is 0 Å². The zero-order valence-electron chi connectivity index (χ0n) is 5.86. The molecule has 60 valence electrons. The molecule has 4 heteroatoms. The lowest BCUT2D eigenvalue weighted by Crippen LogP contribution is -2.42. The van der Waals surface area contributed by atoms with Crippen molar-refractivity contribution in [2.45, 2.75) is 12.5 Å². The minimum absolute atomic E-state index is 0.208. The molecule has 0 aliphatic heterocycles. The summed E-state index contributed by atoms with van der Waals surface area (Å²) in [6, 6.07) is -0.863. The Morgan fingerprint density at radius 3 is 2.82 bits per heavy atom. The molecule has 0 heterocycles. The molecule has 3 N–H and O–H groups in total. The first-order chi connectivity index (χ1) is 5.13. The molecule has 1 rings (SSSR count). The number of rotatable bonds is 1. The molecule has 0 radical (unpaired) electrons. The van der Waals surface area contributed by atoms with Crippen molar-refractivity contribution < 1.29 is 14.7 Å². The molecule has 4 nitrogen and oxygen atoms in total. The maximum atomic E-state index is 10.9. The van der Waals surface area contributed by atoms with E-state index in [1.165, 1.54) is 6.08 Å².